The van der Waals surface area contributed by atoms with Crippen molar-refractivity contribution in [3.63, 3.8) is 0 Å². The van der Waals surface area contributed by atoms with Crippen molar-refractivity contribution in [1.29, 1.82) is 0 Å². The molecule has 1 aromatic carbocycles. The van der Waals surface area contributed by atoms with Gasteiger partial charge >= 0.3 is 0 Å². The summed E-state index contributed by atoms with van der Waals surface area (Å²) in [5.74, 6) is 0.0662. The van der Waals surface area contributed by atoms with Crippen LogP contribution < -0.4 is 5.73 Å². The molecule has 0 spiro atoms. The molecule has 1 aliphatic rings. The van der Waals surface area contributed by atoms with E-state index in [0.29, 0.717) is 11.4 Å². The Morgan fingerprint density at radius 3 is 2.75 bits per heavy atom. The number of hydrogen-bond donors (Lipinski definition) is 1. The third-order valence-electron chi connectivity index (χ3n) is 2.91. The van der Waals surface area contributed by atoms with Crippen LogP contribution in [-0.4, -0.2) is 23.9 Å². The molecule has 0 radical (unpaired) electrons. The second-order valence-corrected chi connectivity index (χ2v) is 5.31. The van der Waals surface area contributed by atoms with Crippen molar-refractivity contribution in [2.24, 2.45) is 5.73 Å². The van der Waals surface area contributed by atoms with Crippen LogP contribution in [-0.2, 0) is 4.79 Å². The van der Waals surface area contributed by atoms with Crippen LogP contribution in [0.25, 0.3) is 0 Å². The van der Waals surface area contributed by atoms with Gasteiger partial charge < -0.3 is 10.6 Å². The molecular formula is C11H12BrClN2O. The highest BCUT2D eigenvalue weighted by Crippen LogP contribution is 2.35. The zero-order valence-electron chi connectivity index (χ0n) is 8.78. The number of benzene rings is 1. The van der Waals surface area contributed by atoms with Gasteiger partial charge in [0.2, 0.25) is 5.91 Å². The summed E-state index contributed by atoms with van der Waals surface area (Å²) in [5, 5.41) is 0.636. The molecule has 86 valence electrons. The first kappa shape index (κ1) is 11.9. The maximum absolute atomic E-state index is 11.5. The van der Waals surface area contributed by atoms with Gasteiger partial charge in [-0.3, -0.25) is 4.79 Å². The second kappa shape index (κ2) is 4.35. The summed E-state index contributed by atoms with van der Waals surface area (Å²) >= 11 is 9.52. The van der Waals surface area contributed by atoms with Crippen molar-refractivity contribution in [3.8, 4) is 0 Å². The average molecular weight is 304 g/mol. The predicted molar refractivity (Wildman–Crippen MR) is 67.3 cm³/mol. The molecule has 0 saturated carbocycles. The molecular weight excluding hydrogens is 291 g/mol. The number of likely N-dealkylation sites (N-methyl/N-ethyl adjacent to an activating group) is 1. The molecule has 16 heavy (non-hydrogen) atoms. The van der Waals surface area contributed by atoms with E-state index in [1.165, 1.54) is 0 Å². The van der Waals surface area contributed by atoms with Crippen molar-refractivity contribution in [3.05, 3.63) is 33.3 Å². The molecule has 0 aliphatic carbocycles. The summed E-state index contributed by atoms with van der Waals surface area (Å²) in [7, 11) is 1.76. The summed E-state index contributed by atoms with van der Waals surface area (Å²) in [6.07, 6.45) is 0.382. The lowest BCUT2D eigenvalue weighted by atomic mass is 10.0. The van der Waals surface area contributed by atoms with Crippen LogP contribution in [0.2, 0.25) is 5.02 Å². The number of hydrogen-bond acceptors (Lipinski definition) is 2. The monoisotopic (exact) mass is 302 g/mol. The van der Waals surface area contributed by atoms with Crippen LogP contribution in [0.1, 0.15) is 18.0 Å². The van der Waals surface area contributed by atoms with E-state index in [1.54, 1.807) is 11.9 Å². The molecule has 2 N–H and O–H groups in total. The minimum absolute atomic E-state index is 0.0662. The Kier molecular flexibility index (Phi) is 3.24. The molecule has 1 heterocycles. The molecule has 0 bridgehead atoms. The van der Waals surface area contributed by atoms with Gasteiger partial charge in [0.15, 0.2) is 0 Å². The van der Waals surface area contributed by atoms with Crippen molar-refractivity contribution < 1.29 is 4.79 Å². The van der Waals surface area contributed by atoms with Gasteiger partial charge in [0.05, 0.1) is 6.04 Å². The van der Waals surface area contributed by atoms with Gasteiger partial charge in [-0.05, 0) is 17.7 Å². The molecule has 0 aromatic heterocycles. The standard InChI is InChI=1S/C11H12BrClN2O/c1-15-10(16)5-9(14)11(15)7-3-2-6(12)4-8(7)13/h2-4,9,11H,5,14H2,1H3. The normalized spacial score (nSPS) is 25.2. The third kappa shape index (κ3) is 1.97. The molecule has 1 aliphatic heterocycles. The number of rotatable bonds is 1. The molecule has 5 heteroatoms. The number of nitrogens with zero attached hydrogens (tertiary/aromatic N) is 1. The Hall–Kier alpha value is -0.580. The summed E-state index contributed by atoms with van der Waals surface area (Å²) in [6.45, 7) is 0. The fourth-order valence-electron chi connectivity index (χ4n) is 2.08. The highest BCUT2D eigenvalue weighted by Gasteiger charge is 2.37. The van der Waals surface area contributed by atoms with E-state index in [4.69, 9.17) is 17.3 Å². The largest absolute Gasteiger partial charge is 0.337 e. The Bertz CT molecular complexity index is 438. The minimum Gasteiger partial charge on any atom is -0.337 e. The van der Waals surface area contributed by atoms with Gasteiger partial charge in [0.1, 0.15) is 0 Å². The molecule has 1 aromatic rings. The first-order valence-electron chi connectivity index (χ1n) is 4.97. The number of amides is 1. The van der Waals surface area contributed by atoms with Crippen LogP contribution in [0.3, 0.4) is 0 Å². The van der Waals surface area contributed by atoms with E-state index >= 15 is 0 Å². The van der Waals surface area contributed by atoms with Crippen LogP contribution in [0, 0.1) is 0 Å². The summed E-state index contributed by atoms with van der Waals surface area (Å²) in [5.41, 5.74) is 6.87. The minimum atomic E-state index is -0.184. The van der Waals surface area contributed by atoms with Gasteiger partial charge in [-0.1, -0.05) is 33.6 Å². The molecule has 2 rings (SSSR count). The van der Waals surface area contributed by atoms with Crippen LogP contribution in [0.15, 0.2) is 22.7 Å². The Labute approximate surface area is 108 Å². The Morgan fingerprint density at radius 1 is 1.56 bits per heavy atom. The van der Waals surface area contributed by atoms with Crippen LogP contribution >= 0.6 is 27.5 Å². The summed E-state index contributed by atoms with van der Waals surface area (Å²) < 4.78 is 0.918. The van der Waals surface area contributed by atoms with E-state index in [0.717, 1.165) is 10.0 Å². The quantitative estimate of drug-likeness (QED) is 0.865. The SMILES string of the molecule is CN1C(=O)CC(N)C1c1ccc(Br)cc1Cl. The van der Waals surface area contributed by atoms with E-state index < -0.39 is 0 Å². The molecule has 1 saturated heterocycles. The summed E-state index contributed by atoms with van der Waals surface area (Å²) in [4.78, 5) is 13.2. The third-order valence-corrected chi connectivity index (χ3v) is 3.73. The summed E-state index contributed by atoms with van der Waals surface area (Å²) in [6, 6.07) is 5.33. The topological polar surface area (TPSA) is 46.3 Å². The van der Waals surface area contributed by atoms with E-state index in [1.807, 2.05) is 18.2 Å². The zero-order chi connectivity index (χ0) is 11.9. The highest BCUT2D eigenvalue weighted by atomic mass is 79.9. The Balaban J connectivity index is 2.40. The van der Waals surface area contributed by atoms with Gasteiger partial charge in [-0.2, -0.15) is 0 Å². The van der Waals surface area contributed by atoms with Crippen molar-refractivity contribution in [2.45, 2.75) is 18.5 Å². The predicted octanol–water partition coefficient (Wildman–Crippen LogP) is 2.33. The number of nitrogens with two attached hydrogens (primary N) is 1. The van der Waals surface area contributed by atoms with E-state index in [-0.39, 0.29) is 18.0 Å². The molecule has 2 unspecified atom stereocenters. The maximum atomic E-state index is 11.5. The van der Waals surface area contributed by atoms with Crippen molar-refractivity contribution >= 4 is 33.4 Å². The fraction of sp³-hybridized carbons (Fsp3) is 0.364. The van der Waals surface area contributed by atoms with Gasteiger partial charge in [0, 0.05) is 29.0 Å². The maximum Gasteiger partial charge on any atom is 0.224 e. The first-order valence-corrected chi connectivity index (χ1v) is 6.14. The van der Waals surface area contributed by atoms with Crippen LogP contribution in [0.5, 0.6) is 0 Å². The van der Waals surface area contributed by atoms with E-state index in [2.05, 4.69) is 15.9 Å². The van der Waals surface area contributed by atoms with Gasteiger partial charge in [0.25, 0.3) is 0 Å². The lowest BCUT2D eigenvalue weighted by Gasteiger charge is -2.24. The number of halogens is 2. The smallest absolute Gasteiger partial charge is 0.224 e. The molecule has 1 amide bonds. The van der Waals surface area contributed by atoms with E-state index in [9.17, 15) is 4.79 Å². The van der Waals surface area contributed by atoms with Crippen molar-refractivity contribution in [2.75, 3.05) is 7.05 Å². The fourth-order valence-corrected chi connectivity index (χ4v) is 2.87. The molecule has 2 atom stereocenters. The molecule has 3 nitrogen and oxygen atoms in total. The van der Waals surface area contributed by atoms with Gasteiger partial charge in [-0.15, -0.1) is 0 Å². The second-order valence-electron chi connectivity index (χ2n) is 3.98. The first-order chi connectivity index (χ1) is 7.50. The van der Waals surface area contributed by atoms with Crippen LogP contribution in [0.4, 0.5) is 0 Å². The highest BCUT2D eigenvalue weighted by molar-refractivity contribution is 9.10. The number of carbonyl (C=O) groups is 1. The lowest BCUT2D eigenvalue weighted by molar-refractivity contribution is -0.127. The Morgan fingerprint density at radius 2 is 2.25 bits per heavy atom. The number of likely N-dealkylation sites (tertiary alicyclic amines) is 1. The zero-order valence-corrected chi connectivity index (χ0v) is 11.1. The number of carbonyl (C=O) groups excluding carboxylic acids is 1. The average Bonchev–Trinajstić information content (AvgIpc) is 2.43. The van der Waals surface area contributed by atoms with Gasteiger partial charge in [-0.25, -0.2) is 0 Å². The lowest BCUT2D eigenvalue weighted by Crippen LogP contribution is -2.30. The van der Waals surface area contributed by atoms with Crippen molar-refractivity contribution in [1.82, 2.24) is 4.90 Å². The molecule has 1 fully saturated rings.